The highest BCUT2D eigenvalue weighted by Gasteiger charge is 2.34. The Balaban J connectivity index is 2.03. The van der Waals surface area contributed by atoms with Crippen LogP contribution in [0.1, 0.15) is 51.5 Å². The van der Waals surface area contributed by atoms with Crippen LogP contribution in [0.3, 0.4) is 0 Å². The van der Waals surface area contributed by atoms with Gasteiger partial charge in [-0.05, 0) is 50.3 Å². The van der Waals surface area contributed by atoms with Crippen molar-refractivity contribution in [3.63, 3.8) is 0 Å². The molecule has 1 fully saturated rings. The maximum atomic E-state index is 5.83. The van der Waals surface area contributed by atoms with Crippen LogP contribution in [0.25, 0.3) is 0 Å². The summed E-state index contributed by atoms with van der Waals surface area (Å²) in [5.41, 5.74) is 1.63. The number of halogens is 1. The first kappa shape index (κ1) is 14.9. The van der Waals surface area contributed by atoms with E-state index in [1.54, 1.807) is 0 Å². The molecule has 0 amide bonds. The van der Waals surface area contributed by atoms with E-state index in [1.165, 1.54) is 31.2 Å². The smallest absolute Gasteiger partial charge is 0.123 e. The zero-order chi connectivity index (χ0) is 13.7. The summed E-state index contributed by atoms with van der Waals surface area (Å²) in [6, 6.07) is 6.28. The predicted octanol–water partition coefficient (Wildman–Crippen LogP) is 4.66. The minimum absolute atomic E-state index is 0.379. The molecule has 0 atom stereocenters. The second kappa shape index (κ2) is 6.76. The van der Waals surface area contributed by atoms with Crippen LogP contribution in [0, 0.1) is 0 Å². The summed E-state index contributed by atoms with van der Waals surface area (Å²) in [6.07, 6.45) is 6.23. The third kappa shape index (κ3) is 3.73. The van der Waals surface area contributed by atoms with Crippen LogP contribution < -0.4 is 10.1 Å². The standard InChI is InChI=1S/C16H24BrNO/c1-3-10-19-15-7-6-14(17)11-13(15)12-18-16(4-2)8-5-9-16/h6-7,11,18H,3-5,8-10,12H2,1-2H3. The summed E-state index contributed by atoms with van der Waals surface area (Å²) in [7, 11) is 0. The lowest BCUT2D eigenvalue weighted by atomic mass is 9.75. The molecule has 0 spiro atoms. The van der Waals surface area contributed by atoms with E-state index in [0.29, 0.717) is 5.54 Å². The lowest BCUT2D eigenvalue weighted by Gasteiger charge is -2.42. The van der Waals surface area contributed by atoms with Crippen molar-refractivity contribution in [1.29, 1.82) is 0 Å². The Morgan fingerprint density at radius 3 is 2.68 bits per heavy atom. The van der Waals surface area contributed by atoms with Gasteiger partial charge >= 0.3 is 0 Å². The van der Waals surface area contributed by atoms with Gasteiger partial charge in [-0.3, -0.25) is 0 Å². The fourth-order valence-corrected chi connectivity index (χ4v) is 2.99. The van der Waals surface area contributed by atoms with E-state index >= 15 is 0 Å². The van der Waals surface area contributed by atoms with Crippen LogP contribution in [-0.4, -0.2) is 12.1 Å². The molecule has 106 valence electrons. The molecule has 0 saturated heterocycles. The molecule has 0 aliphatic heterocycles. The molecular formula is C16H24BrNO. The molecular weight excluding hydrogens is 302 g/mol. The second-order valence-corrected chi connectivity index (χ2v) is 6.36. The third-order valence-corrected chi connectivity index (χ3v) is 4.62. The second-order valence-electron chi connectivity index (χ2n) is 5.44. The summed E-state index contributed by atoms with van der Waals surface area (Å²) in [5.74, 6) is 1.02. The third-order valence-electron chi connectivity index (χ3n) is 4.13. The first-order chi connectivity index (χ1) is 9.19. The van der Waals surface area contributed by atoms with Gasteiger partial charge in [-0.1, -0.05) is 29.8 Å². The Hall–Kier alpha value is -0.540. The van der Waals surface area contributed by atoms with Crippen molar-refractivity contribution in [1.82, 2.24) is 5.32 Å². The van der Waals surface area contributed by atoms with Gasteiger partial charge in [-0.2, -0.15) is 0 Å². The van der Waals surface area contributed by atoms with Crippen LogP contribution in [0.4, 0.5) is 0 Å². The van der Waals surface area contributed by atoms with E-state index in [9.17, 15) is 0 Å². The predicted molar refractivity (Wildman–Crippen MR) is 83.6 cm³/mol. The summed E-state index contributed by atoms with van der Waals surface area (Å²) >= 11 is 3.55. The van der Waals surface area contributed by atoms with Crippen LogP contribution in [-0.2, 0) is 6.54 Å². The fraction of sp³-hybridized carbons (Fsp3) is 0.625. The summed E-state index contributed by atoms with van der Waals surface area (Å²) < 4.78 is 6.95. The highest BCUT2D eigenvalue weighted by Crippen LogP contribution is 2.35. The van der Waals surface area contributed by atoms with Crippen molar-refractivity contribution in [2.24, 2.45) is 0 Å². The molecule has 19 heavy (non-hydrogen) atoms. The minimum Gasteiger partial charge on any atom is -0.493 e. The Kier molecular flexibility index (Phi) is 5.28. The molecule has 1 saturated carbocycles. The highest BCUT2D eigenvalue weighted by atomic mass is 79.9. The SMILES string of the molecule is CCCOc1ccc(Br)cc1CNC1(CC)CCC1. The van der Waals surface area contributed by atoms with Gasteiger partial charge in [0.2, 0.25) is 0 Å². The number of rotatable bonds is 7. The number of nitrogens with one attached hydrogen (secondary N) is 1. The molecule has 1 aliphatic carbocycles. The lowest BCUT2D eigenvalue weighted by molar-refractivity contribution is 0.174. The Labute approximate surface area is 125 Å². The van der Waals surface area contributed by atoms with Gasteiger partial charge < -0.3 is 10.1 Å². The first-order valence-corrected chi connectivity index (χ1v) is 8.14. The van der Waals surface area contributed by atoms with Crippen molar-refractivity contribution in [2.75, 3.05) is 6.61 Å². The molecule has 1 aliphatic rings. The van der Waals surface area contributed by atoms with Crippen LogP contribution in [0.5, 0.6) is 5.75 Å². The van der Waals surface area contributed by atoms with Crippen molar-refractivity contribution < 1.29 is 4.74 Å². The lowest BCUT2D eigenvalue weighted by Crippen LogP contribution is -2.49. The van der Waals surface area contributed by atoms with Gasteiger partial charge in [0.1, 0.15) is 5.75 Å². The minimum atomic E-state index is 0.379. The van der Waals surface area contributed by atoms with Gasteiger partial charge in [0.15, 0.2) is 0 Å². The van der Waals surface area contributed by atoms with Crippen molar-refractivity contribution in [3.8, 4) is 5.75 Å². The van der Waals surface area contributed by atoms with Crippen LogP contribution >= 0.6 is 15.9 Å². The Morgan fingerprint density at radius 1 is 1.32 bits per heavy atom. The van der Waals surface area contributed by atoms with E-state index in [4.69, 9.17) is 4.74 Å². The molecule has 0 aromatic heterocycles. The van der Waals surface area contributed by atoms with Crippen LogP contribution in [0.15, 0.2) is 22.7 Å². The van der Waals surface area contributed by atoms with E-state index in [1.807, 2.05) is 6.07 Å². The molecule has 0 heterocycles. The molecule has 0 unspecified atom stereocenters. The first-order valence-electron chi connectivity index (χ1n) is 7.35. The molecule has 1 aromatic carbocycles. The zero-order valence-electron chi connectivity index (χ0n) is 12.0. The summed E-state index contributed by atoms with van der Waals surface area (Å²) in [6.45, 7) is 6.10. The maximum Gasteiger partial charge on any atom is 0.123 e. The topological polar surface area (TPSA) is 21.3 Å². The van der Waals surface area contributed by atoms with Crippen molar-refractivity contribution in [2.45, 2.75) is 58.0 Å². The monoisotopic (exact) mass is 325 g/mol. The average Bonchev–Trinajstić information content (AvgIpc) is 2.37. The molecule has 2 nitrogen and oxygen atoms in total. The van der Waals surface area contributed by atoms with Crippen molar-refractivity contribution in [3.05, 3.63) is 28.2 Å². The van der Waals surface area contributed by atoms with E-state index in [-0.39, 0.29) is 0 Å². The highest BCUT2D eigenvalue weighted by molar-refractivity contribution is 9.10. The molecule has 2 rings (SSSR count). The van der Waals surface area contributed by atoms with Gasteiger partial charge in [-0.15, -0.1) is 0 Å². The molecule has 0 radical (unpaired) electrons. The maximum absolute atomic E-state index is 5.83. The molecule has 1 N–H and O–H groups in total. The van der Waals surface area contributed by atoms with Crippen LogP contribution in [0.2, 0.25) is 0 Å². The average molecular weight is 326 g/mol. The molecule has 1 aromatic rings. The van der Waals surface area contributed by atoms with Gasteiger partial charge in [-0.25, -0.2) is 0 Å². The summed E-state index contributed by atoms with van der Waals surface area (Å²) in [4.78, 5) is 0. The number of hydrogen-bond acceptors (Lipinski definition) is 2. The van der Waals surface area contributed by atoms with E-state index in [0.717, 1.165) is 29.8 Å². The van der Waals surface area contributed by atoms with E-state index < -0.39 is 0 Å². The number of hydrogen-bond donors (Lipinski definition) is 1. The largest absolute Gasteiger partial charge is 0.493 e. The van der Waals surface area contributed by atoms with Gasteiger partial charge in [0.05, 0.1) is 6.61 Å². The quantitative estimate of drug-likeness (QED) is 0.787. The zero-order valence-corrected chi connectivity index (χ0v) is 13.6. The van der Waals surface area contributed by atoms with Crippen molar-refractivity contribution >= 4 is 15.9 Å². The normalized spacial score (nSPS) is 17.0. The molecule has 3 heteroatoms. The summed E-state index contributed by atoms with van der Waals surface area (Å²) in [5, 5.41) is 3.74. The number of benzene rings is 1. The Bertz CT molecular complexity index is 410. The van der Waals surface area contributed by atoms with Gasteiger partial charge in [0, 0.05) is 22.1 Å². The number of ether oxygens (including phenoxy) is 1. The van der Waals surface area contributed by atoms with Gasteiger partial charge in [0.25, 0.3) is 0 Å². The fourth-order valence-electron chi connectivity index (χ4n) is 2.58. The van der Waals surface area contributed by atoms with E-state index in [2.05, 4.69) is 47.2 Å². The molecule has 0 bridgehead atoms. The Morgan fingerprint density at radius 2 is 2.11 bits per heavy atom.